The first kappa shape index (κ1) is 15.9. The summed E-state index contributed by atoms with van der Waals surface area (Å²) in [6.45, 7) is 1.83. The number of nitrogens with zero attached hydrogens (tertiary/aromatic N) is 1. The Balaban J connectivity index is 1.60. The minimum atomic E-state index is 0.0117. The number of ether oxygens (including phenoxy) is 1. The molecule has 1 saturated heterocycles. The summed E-state index contributed by atoms with van der Waals surface area (Å²) in [7, 11) is 0. The lowest BCUT2D eigenvalue weighted by atomic mass is 10.1. The van der Waals surface area contributed by atoms with Crippen LogP contribution in [0.15, 0.2) is 65.3 Å². The van der Waals surface area contributed by atoms with E-state index in [9.17, 15) is 4.79 Å². The standard InChI is InChI=1S/C21H21NO3/c23-21(18-10-9-16-5-1-2-6-17(16)13-18)22(14-19-7-3-11-24-19)15-20-8-4-12-25-20/h1-3,5-7,9-11,13,20H,4,8,12,14-15H2/t20-/m0/s1. The number of benzene rings is 2. The zero-order valence-corrected chi connectivity index (χ0v) is 14.1. The third-order valence-corrected chi connectivity index (χ3v) is 4.66. The number of hydrogen-bond donors (Lipinski definition) is 0. The maximum atomic E-state index is 13.1. The molecule has 25 heavy (non-hydrogen) atoms. The summed E-state index contributed by atoms with van der Waals surface area (Å²) >= 11 is 0. The lowest BCUT2D eigenvalue weighted by molar-refractivity contribution is 0.0491. The number of amides is 1. The van der Waals surface area contributed by atoms with Gasteiger partial charge in [-0.1, -0.05) is 30.3 Å². The van der Waals surface area contributed by atoms with Crippen molar-refractivity contribution in [2.24, 2.45) is 0 Å². The topological polar surface area (TPSA) is 42.7 Å². The fraction of sp³-hybridized carbons (Fsp3) is 0.286. The highest BCUT2D eigenvalue weighted by Crippen LogP contribution is 2.20. The second-order valence-electron chi connectivity index (χ2n) is 6.46. The second-order valence-corrected chi connectivity index (χ2v) is 6.46. The molecular weight excluding hydrogens is 314 g/mol. The van der Waals surface area contributed by atoms with E-state index < -0.39 is 0 Å². The van der Waals surface area contributed by atoms with Crippen LogP contribution in [0, 0.1) is 0 Å². The lowest BCUT2D eigenvalue weighted by Gasteiger charge is -2.25. The molecule has 2 aromatic carbocycles. The Labute approximate surface area is 147 Å². The van der Waals surface area contributed by atoms with Gasteiger partial charge in [0.25, 0.3) is 5.91 Å². The molecule has 0 bridgehead atoms. The van der Waals surface area contributed by atoms with E-state index >= 15 is 0 Å². The highest BCUT2D eigenvalue weighted by Gasteiger charge is 2.24. The molecule has 0 spiro atoms. The molecule has 4 nitrogen and oxygen atoms in total. The highest BCUT2D eigenvalue weighted by molar-refractivity contribution is 5.98. The summed E-state index contributed by atoms with van der Waals surface area (Å²) in [5.74, 6) is 0.796. The van der Waals surface area contributed by atoms with Crippen molar-refractivity contribution < 1.29 is 13.9 Å². The van der Waals surface area contributed by atoms with Gasteiger partial charge in [-0.05, 0) is 47.9 Å². The lowest BCUT2D eigenvalue weighted by Crippen LogP contribution is -2.36. The van der Waals surface area contributed by atoms with E-state index in [-0.39, 0.29) is 12.0 Å². The molecule has 0 unspecified atom stereocenters. The van der Waals surface area contributed by atoms with Crippen LogP contribution in [0.2, 0.25) is 0 Å². The van der Waals surface area contributed by atoms with E-state index in [4.69, 9.17) is 9.15 Å². The number of fused-ring (bicyclic) bond motifs is 1. The van der Waals surface area contributed by atoms with Crippen molar-refractivity contribution in [3.63, 3.8) is 0 Å². The molecule has 1 aromatic heterocycles. The minimum absolute atomic E-state index is 0.0117. The summed E-state index contributed by atoms with van der Waals surface area (Å²) in [6, 6.07) is 17.7. The van der Waals surface area contributed by atoms with Crippen LogP contribution in [-0.2, 0) is 11.3 Å². The predicted octanol–water partition coefficient (Wildman–Crippen LogP) is 4.25. The third-order valence-electron chi connectivity index (χ3n) is 4.66. The van der Waals surface area contributed by atoms with Gasteiger partial charge < -0.3 is 14.1 Å². The molecular formula is C21H21NO3. The zero-order valence-electron chi connectivity index (χ0n) is 14.1. The molecule has 128 valence electrons. The molecule has 0 saturated carbocycles. The van der Waals surface area contributed by atoms with Crippen LogP contribution in [0.5, 0.6) is 0 Å². The number of carbonyl (C=O) groups excluding carboxylic acids is 1. The molecule has 4 rings (SSSR count). The van der Waals surface area contributed by atoms with Crippen LogP contribution in [0.25, 0.3) is 10.8 Å². The van der Waals surface area contributed by atoms with Crippen LogP contribution >= 0.6 is 0 Å². The number of rotatable bonds is 5. The molecule has 1 aliphatic heterocycles. The Bertz CT molecular complexity index is 850. The van der Waals surface area contributed by atoms with Gasteiger partial charge in [0, 0.05) is 18.7 Å². The maximum absolute atomic E-state index is 13.1. The van der Waals surface area contributed by atoms with E-state index in [2.05, 4.69) is 6.07 Å². The number of carbonyl (C=O) groups is 1. The molecule has 1 aliphatic rings. The molecule has 2 heterocycles. The van der Waals surface area contributed by atoms with Crippen molar-refractivity contribution in [3.05, 3.63) is 72.2 Å². The van der Waals surface area contributed by atoms with Gasteiger partial charge in [0.05, 0.1) is 18.9 Å². The van der Waals surface area contributed by atoms with Crippen LogP contribution < -0.4 is 0 Å². The van der Waals surface area contributed by atoms with Crippen molar-refractivity contribution in [2.45, 2.75) is 25.5 Å². The first-order valence-corrected chi connectivity index (χ1v) is 8.72. The number of furan rings is 1. The maximum Gasteiger partial charge on any atom is 0.254 e. The molecule has 0 N–H and O–H groups in total. The van der Waals surface area contributed by atoms with Crippen molar-refractivity contribution in [2.75, 3.05) is 13.2 Å². The van der Waals surface area contributed by atoms with E-state index in [1.54, 1.807) is 6.26 Å². The van der Waals surface area contributed by atoms with Gasteiger partial charge in [0.1, 0.15) is 5.76 Å². The summed E-state index contributed by atoms with van der Waals surface area (Å²) in [5.41, 5.74) is 0.697. The molecule has 1 atom stereocenters. The Morgan fingerprint density at radius 1 is 1.08 bits per heavy atom. The van der Waals surface area contributed by atoms with Gasteiger partial charge >= 0.3 is 0 Å². The molecule has 0 radical (unpaired) electrons. The average Bonchev–Trinajstić information content (AvgIpc) is 3.34. The highest BCUT2D eigenvalue weighted by atomic mass is 16.5. The van der Waals surface area contributed by atoms with E-state index in [1.807, 2.05) is 53.4 Å². The molecule has 0 aliphatic carbocycles. The van der Waals surface area contributed by atoms with Crippen molar-refractivity contribution in [1.82, 2.24) is 4.90 Å². The van der Waals surface area contributed by atoms with Gasteiger partial charge in [0.15, 0.2) is 0 Å². The smallest absolute Gasteiger partial charge is 0.254 e. The Kier molecular flexibility index (Phi) is 4.53. The van der Waals surface area contributed by atoms with Gasteiger partial charge in [-0.2, -0.15) is 0 Å². The summed E-state index contributed by atoms with van der Waals surface area (Å²) in [5, 5.41) is 2.21. The third kappa shape index (κ3) is 3.59. The van der Waals surface area contributed by atoms with Crippen LogP contribution in [-0.4, -0.2) is 30.1 Å². The predicted molar refractivity (Wildman–Crippen MR) is 96.4 cm³/mol. The average molecular weight is 335 g/mol. The molecule has 4 heteroatoms. The molecule has 1 amide bonds. The van der Waals surface area contributed by atoms with Crippen LogP contribution in [0.4, 0.5) is 0 Å². The van der Waals surface area contributed by atoms with Crippen LogP contribution in [0.1, 0.15) is 29.0 Å². The Hall–Kier alpha value is -2.59. The largest absolute Gasteiger partial charge is 0.467 e. The van der Waals surface area contributed by atoms with E-state index in [0.29, 0.717) is 18.7 Å². The monoisotopic (exact) mass is 335 g/mol. The van der Waals surface area contributed by atoms with Gasteiger partial charge in [0.2, 0.25) is 0 Å². The quantitative estimate of drug-likeness (QED) is 0.700. The summed E-state index contributed by atoms with van der Waals surface area (Å²) in [6.07, 6.45) is 3.81. The minimum Gasteiger partial charge on any atom is -0.467 e. The van der Waals surface area contributed by atoms with Crippen molar-refractivity contribution in [1.29, 1.82) is 0 Å². The van der Waals surface area contributed by atoms with Gasteiger partial charge in [-0.25, -0.2) is 0 Å². The zero-order chi connectivity index (χ0) is 17.1. The Morgan fingerprint density at radius 3 is 2.72 bits per heavy atom. The van der Waals surface area contributed by atoms with Crippen LogP contribution in [0.3, 0.4) is 0 Å². The SMILES string of the molecule is O=C(c1ccc2ccccc2c1)N(Cc1ccco1)C[C@@H]1CCCO1. The van der Waals surface area contributed by atoms with Gasteiger partial charge in [-0.15, -0.1) is 0 Å². The van der Waals surface area contributed by atoms with E-state index in [0.717, 1.165) is 36.0 Å². The summed E-state index contributed by atoms with van der Waals surface area (Å²) < 4.78 is 11.2. The second kappa shape index (κ2) is 7.11. The normalized spacial score (nSPS) is 17.0. The van der Waals surface area contributed by atoms with Crippen molar-refractivity contribution >= 4 is 16.7 Å². The van der Waals surface area contributed by atoms with Crippen molar-refractivity contribution in [3.8, 4) is 0 Å². The fourth-order valence-electron chi connectivity index (χ4n) is 3.35. The van der Waals surface area contributed by atoms with E-state index in [1.165, 1.54) is 0 Å². The molecule has 1 fully saturated rings. The number of hydrogen-bond acceptors (Lipinski definition) is 3. The first-order valence-electron chi connectivity index (χ1n) is 8.72. The van der Waals surface area contributed by atoms with Gasteiger partial charge in [-0.3, -0.25) is 4.79 Å². The summed E-state index contributed by atoms with van der Waals surface area (Å²) in [4.78, 5) is 15.0. The molecule has 3 aromatic rings. The fourth-order valence-corrected chi connectivity index (χ4v) is 3.35. The Morgan fingerprint density at radius 2 is 1.96 bits per heavy atom. The first-order chi connectivity index (χ1) is 12.3.